The number of aliphatic imine (C=N–C) groups is 1. The summed E-state index contributed by atoms with van der Waals surface area (Å²) in [7, 11) is 0. The highest BCUT2D eigenvalue weighted by Gasteiger charge is 2.36. The molecule has 1 aromatic heterocycles. The number of hydrogen-bond acceptors (Lipinski definition) is 4. The Kier molecular flexibility index (Phi) is 4.86. The van der Waals surface area contributed by atoms with E-state index in [1.165, 1.54) is 22.2 Å². The number of carbonyl (C=O) groups is 1. The zero-order valence-electron chi connectivity index (χ0n) is 18.4. The summed E-state index contributed by atoms with van der Waals surface area (Å²) < 4.78 is 2.20. The minimum absolute atomic E-state index is 0.0677. The van der Waals surface area contributed by atoms with Crippen LogP contribution in [-0.2, 0) is 4.79 Å². The second-order valence-corrected chi connectivity index (χ2v) is 9.26. The van der Waals surface area contributed by atoms with Crippen LogP contribution < -0.4 is 0 Å². The van der Waals surface area contributed by atoms with Crippen molar-refractivity contribution in [3.8, 4) is 5.69 Å². The minimum atomic E-state index is -0.399. The molecule has 0 aliphatic carbocycles. The van der Waals surface area contributed by atoms with Crippen molar-refractivity contribution in [3.63, 3.8) is 0 Å². The number of amides is 1. The normalized spacial score (nSPS) is 17.4. The molecule has 0 saturated carbocycles. The monoisotopic (exact) mass is 441 g/mol. The van der Waals surface area contributed by atoms with Crippen molar-refractivity contribution in [2.75, 3.05) is 0 Å². The van der Waals surface area contributed by atoms with E-state index in [2.05, 4.69) is 51.9 Å². The van der Waals surface area contributed by atoms with E-state index in [0.29, 0.717) is 5.17 Å². The Morgan fingerprint density at radius 2 is 1.84 bits per heavy atom. The fraction of sp³-hybridized carbons (Fsp3) is 0.200. The van der Waals surface area contributed by atoms with Crippen LogP contribution in [0.5, 0.6) is 0 Å². The van der Waals surface area contributed by atoms with Crippen molar-refractivity contribution in [1.82, 2.24) is 9.58 Å². The van der Waals surface area contributed by atoms with Gasteiger partial charge in [0, 0.05) is 22.7 Å². The lowest BCUT2D eigenvalue weighted by atomic mass is 10.1. The summed E-state index contributed by atoms with van der Waals surface area (Å²) >= 11 is 1.36. The van der Waals surface area contributed by atoms with E-state index < -0.39 is 5.91 Å². The lowest BCUT2D eigenvalue weighted by molar-refractivity contribution is -0.114. The Labute approximate surface area is 190 Å². The van der Waals surface area contributed by atoms with Crippen LogP contribution in [0.25, 0.3) is 22.5 Å². The molecule has 160 valence electrons. The third-order valence-electron chi connectivity index (χ3n) is 5.74. The molecule has 0 saturated heterocycles. The van der Waals surface area contributed by atoms with E-state index in [9.17, 15) is 4.79 Å². The Hall–Kier alpha value is -3.45. The summed E-state index contributed by atoms with van der Waals surface area (Å²) in [6, 6.07) is 16.6. The highest BCUT2D eigenvalue weighted by molar-refractivity contribution is 8.27. The van der Waals surface area contributed by atoms with E-state index in [1.54, 1.807) is 6.08 Å². The number of aromatic nitrogens is 1. The third kappa shape index (κ3) is 3.20. The molecule has 1 N–H and O–H groups in total. The number of rotatable bonds is 3. The lowest BCUT2D eigenvalue weighted by Gasteiger charge is -2.20. The molecule has 1 amide bonds. The van der Waals surface area contributed by atoms with E-state index in [4.69, 9.17) is 5.41 Å². The molecule has 0 radical (unpaired) electrons. The van der Waals surface area contributed by atoms with E-state index >= 15 is 0 Å². The molecule has 7 heteroatoms. The number of aryl methyl sites for hydroxylation is 1. The van der Waals surface area contributed by atoms with Gasteiger partial charge in [-0.15, -0.1) is 0 Å². The second kappa shape index (κ2) is 7.60. The maximum Gasteiger partial charge on any atom is 0.283 e. The SMILES string of the molecule is Cc1cc(/C=C2/C(=N)N3N=C(C(C)C)SC3=NC2=O)c(C)n1-c1cccc2ccccc12. The fourth-order valence-corrected chi connectivity index (χ4v) is 5.00. The molecule has 0 spiro atoms. The zero-order chi connectivity index (χ0) is 22.6. The van der Waals surface area contributed by atoms with E-state index in [1.807, 2.05) is 39.0 Å². The van der Waals surface area contributed by atoms with Gasteiger partial charge in [-0.1, -0.05) is 50.2 Å². The van der Waals surface area contributed by atoms with Crippen molar-refractivity contribution < 1.29 is 4.79 Å². The van der Waals surface area contributed by atoms with Crippen molar-refractivity contribution in [2.24, 2.45) is 16.0 Å². The lowest BCUT2D eigenvalue weighted by Crippen LogP contribution is -2.35. The van der Waals surface area contributed by atoms with Crippen LogP contribution >= 0.6 is 11.8 Å². The van der Waals surface area contributed by atoms with Gasteiger partial charge in [-0.05, 0) is 54.8 Å². The van der Waals surface area contributed by atoms with Crippen LogP contribution in [0.15, 0.2) is 64.2 Å². The molecule has 0 atom stereocenters. The van der Waals surface area contributed by atoms with E-state index in [0.717, 1.165) is 33.1 Å². The van der Waals surface area contributed by atoms with Gasteiger partial charge in [-0.25, -0.2) is 0 Å². The van der Waals surface area contributed by atoms with Crippen molar-refractivity contribution >= 4 is 50.6 Å². The van der Waals surface area contributed by atoms with Crippen molar-refractivity contribution in [2.45, 2.75) is 27.7 Å². The molecule has 2 aromatic carbocycles. The Morgan fingerprint density at radius 3 is 2.62 bits per heavy atom. The molecule has 5 rings (SSSR count). The molecule has 0 bridgehead atoms. The molecule has 32 heavy (non-hydrogen) atoms. The van der Waals surface area contributed by atoms with Gasteiger partial charge < -0.3 is 4.57 Å². The van der Waals surface area contributed by atoms with Gasteiger partial charge in [-0.3, -0.25) is 10.2 Å². The summed E-state index contributed by atoms with van der Waals surface area (Å²) in [6.45, 7) is 8.16. The number of hydrazone groups is 1. The molecular weight excluding hydrogens is 418 g/mol. The van der Waals surface area contributed by atoms with Gasteiger partial charge in [0.05, 0.1) is 11.3 Å². The summed E-state index contributed by atoms with van der Waals surface area (Å²) in [5.41, 5.74) is 4.30. The van der Waals surface area contributed by atoms with Crippen LogP contribution in [0.4, 0.5) is 0 Å². The topological polar surface area (TPSA) is 73.8 Å². The first-order valence-electron chi connectivity index (χ1n) is 10.5. The number of hydrogen-bond donors (Lipinski definition) is 1. The van der Waals surface area contributed by atoms with Gasteiger partial charge in [0.2, 0.25) is 5.17 Å². The number of nitrogens with zero attached hydrogens (tertiary/aromatic N) is 4. The predicted octanol–water partition coefficient (Wildman–Crippen LogP) is 5.52. The van der Waals surface area contributed by atoms with Crippen LogP contribution in [-0.4, -0.2) is 31.5 Å². The summed E-state index contributed by atoms with van der Waals surface area (Å²) in [6.07, 6.45) is 1.77. The van der Waals surface area contributed by atoms with Crippen molar-refractivity contribution in [3.05, 3.63) is 71.1 Å². The highest BCUT2D eigenvalue weighted by atomic mass is 32.2. The summed E-state index contributed by atoms with van der Waals surface area (Å²) in [5, 5.41) is 18.2. The molecule has 0 unspecified atom stereocenters. The number of carbonyl (C=O) groups excluding carboxylic acids is 1. The van der Waals surface area contributed by atoms with Gasteiger partial charge >= 0.3 is 0 Å². The highest BCUT2D eigenvalue weighted by Crippen LogP contribution is 2.32. The first kappa shape index (κ1) is 20.5. The third-order valence-corrected chi connectivity index (χ3v) is 6.95. The number of thioether (sulfide) groups is 1. The Bertz CT molecular complexity index is 1390. The standard InChI is InChI=1S/C25H23N5OS/c1-14(2)24-28-30-22(26)20(23(31)27-25(30)32-24)13-18-12-15(3)29(16(18)4)21-11-7-9-17-8-5-6-10-19(17)21/h5-14,26H,1-4H3/b20-13-,26-22?. The number of nitrogens with one attached hydrogen (secondary N) is 1. The Balaban J connectivity index is 1.59. The number of benzene rings is 2. The largest absolute Gasteiger partial charge is 0.317 e. The molecule has 3 aromatic rings. The average molecular weight is 442 g/mol. The zero-order valence-corrected chi connectivity index (χ0v) is 19.2. The first-order chi connectivity index (χ1) is 15.3. The number of fused-ring (bicyclic) bond motifs is 2. The quantitative estimate of drug-likeness (QED) is 0.544. The smallest absolute Gasteiger partial charge is 0.283 e. The van der Waals surface area contributed by atoms with Gasteiger partial charge in [0.15, 0.2) is 5.84 Å². The number of amidine groups is 2. The molecule has 0 fully saturated rings. The Morgan fingerprint density at radius 1 is 1.09 bits per heavy atom. The van der Waals surface area contributed by atoms with Crippen LogP contribution in [0.2, 0.25) is 0 Å². The van der Waals surface area contributed by atoms with Gasteiger partial charge in [0.25, 0.3) is 5.91 Å². The fourth-order valence-electron chi connectivity index (χ4n) is 4.10. The van der Waals surface area contributed by atoms with Crippen LogP contribution in [0, 0.1) is 25.2 Å². The molecule has 2 aliphatic rings. The molecule has 2 aliphatic heterocycles. The maximum atomic E-state index is 12.8. The van der Waals surface area contributed by atoms with Crippen LogP contribution in [0.1, 0.15) is 30.8 Å². The predicted molar refractivity (Wildman–Crippen MR) is 133 cm³/mol. The molecule has 3 heterocycles. The van der Waals surface area contributed by atoms with Gasteiger partial charge in [-0.2, -0.15) is 15.1 Å². The minimum Gasteiger partial charge on any atom is -0.317 e. The molecule has 6 nitrogen and oxygen atoms in total. The molecular formula is C25H23N5OS. The van der Waals surface area contributed by atoms with Crippen LogP contribution in [0.3, 0.4) is 0 Å². The maximum absolute atomic E-state index is 12.8. The van der Waals surface area contributed by atoms with E-state index in [-0.39, 0.29) is 17.3 Å². The second-order valence-electron chi connectivity index (χ2n) is 8.27. The van der Waals surface area contributed by atoms with Gasteiger partial charge in [0.1, 0.15) is 5.04 Å². The summed E-state index contributed by atoms with van der Waals surface area (Å²) in [5.74, 6) is -0.120. The van der Waals surface area contributed by atoms with Crippen molar-refractivity contribution in [1.29, 1.82) is 5.41 Å². The average Bonchev–Trinajstić information content (AvgIpc) is 3.32. The summed E-state index contributed by atoms with van der Waals surface area (Å²) in [4.78, 5) is 17.0. The first-order valence-corrected chi connectivity index (χ1v) is 11.3.